The van der Waals surface area contributed by atoms with Gasteiger partial charge < -0.3 is 10.5 Å². The number of nitrogens with zero attached hydrogens (tertiary/aromatic N) is 3. The molecule has 0 aliphatic rings. The number of ether oxygens (including phenoxy) is 1. The number of thioether (sulfide) groups is 1. The van der Waals surface area contributed by atoms with Crippen molar-refractivity contribution in [2.75, 3.05) is 7.11 Å². The van der Waals surface area contributed by atoms with Gasteiger partial charge >= 0.3 is 0 Å². The Morgan fingerprint density at radius 2 is 2.25 bits per heavy atom. The van der Waals surface area contributed by atoms with Gasteiger partial charge in [-0.25, -0.2) is 13.8 Å². The van der Waals surface area contributed by atoms with Crippen LogP contribution in [0.4, 0.5) is 8.78 Å². The molecule has 146 valence electrons. The van der Waals surface area contributed by atoms with Gasteiger partial charge in [0.2, 0.25) is 0 Å². The van der Waals surface area contributed by atoms with Crippen molar-refractivity contribution in [2.45, 2.75) is 24.1 Å². The second kappa shape index (κ2) is 9.96. The number of halogens is 2. The molecule has 0 aliphatic carbocycles. The highest BCUT2D eigenvalue weighted by molar-refractivity contribution is 7.98. The zero-order chi connectivity index (χ0) is 20.7. The van der Waals surface area contributed by atoms with Crippen molar-refractivity contribution >= 4 is 35.3 Å². The van der Waals surface area contributed by atoms with E-state index in [9.17, 15) is 14.0 Å². The molecule has 0 atom stereocenters. The second-order valence-corrected chi connectivity index (χ2v) is 6.95. The predicted molar refractivity (Wildman–Crippen MR) is 109 cm³/mol. The Hall–Kier alpha value is -2.77. The van der Waals surface area contributed by atoms with Crippen LogP contribution in [0.15, 0.2) is 34.4 Å². The van der Waals surface area contributed by atoms with Crippen molar-refractivity contribution in [3.05, 3.63) is 52.2 Å². The maximum absolute atomic E-state index is 13.1. The van der Waals surface area contributed by atoms with Crippen LogP contribution in [-0.4, -0.2) is 23.4 Å². The third-order valence-electron chi connectivity index (χ3n) is 3.60. The first-order valence-corrected chi connectivity index (χ1v) is 9.33. The van der Waals surface area contributed by atoms with E-state index in [1.54, 1.807) is 19.1 Å². The Labute approximate surface area is 170 Å². The molecular weight excluding hydrogens is 404 g/mol. The van der Waals surface area contributed by atoms with Crippen molar-refractivity contribution in [1.29, 1.82) is 5.26 Å². The van der Waals surface area contributed by atoms with E-state index in [1.165, 1.54) is 31.2 Å². The molecule has 3 N–H and O–H groups in total. The highest BCUT2D eigenvalue weighted by Crippen LogP contribution is 2.32. The lowest BCUT2D eigenvalue weighted by atomic mass is 10.1. The summed E-state index contributed by atoms with van der Waals surface area (Å²) < 4.78 is 31.5. The molecule has 28 heavy (non-hydrogen) atoms. The molecule has 1 aromatic carbocycles. The van der Waals surface area contributed by atoms with Crippen LogP contribution in [0, 0.1) is 18.3 Å². The Bertz CT molecular complexity index is 944. The smallest absolute Gasteiger partial charge is 0.280 e. The summed E-state index contributed by atoms with van der Waals surface area (Å²) in [5.74, 6) is 0.980. The molecule has 1 heterocycles. The first kappa shape index (κ1) is 21.5. The number of aryl methyl sites for hydroxylation is 1. The predicted octanol–water partition coefficient (Wildman–Crippen LogP) is 3.67. The topological polar surface area (TPSA) is 96.3 Å². The molecule has 0 spiro atoms. The number of hydrogen-bond donors (Lipinski definition) is 2. The monoisotopic (exact) mass is 421 g/mol. The highest BCUT2D eigenvalue weighted by atomic mass is 32.2. The normalized spacial score (nSPS) is 10.9. The number of nitrogens with two attached hydrogens (primary N) is 1. The molecule has 0 amide bonds. The molecule has 0 saturated carbocycles. The van der Waals surface area contributed by atoms with Crippen LogP contribution in [0.1, 0.15) is 34.4 Å². The highest BCUT2D eigenvalue weighted by Gasteiger charge is 2.17. The van der Waals surface area contributed by atoms with Crippen LogP contribution in [0.25, 0.3) is 0 Å². The molecule has 2 aromatic rings. The number of thiocarbonyl (C=S) groups is 1. The maximum atomic E-state index is 13.1. The van der Waals surface area contributed by atoms with Crippen molar-refractivity contribution in [1.82, 2.24) is 10.4 Å². The van der Waals surface area contributed by atoms with Crippen LogP contribution in [0.3, 0.4) is 0 Å². The van der Waals surface area contributed by atoms with Crippen LogP contribution < -0.4 is 15.9 Å². The van der Waals surface area contributed by atoms with Crippen LogP contribution in [-0.2, 0) is 5.75 Å². The molecule has 0 fully saturated rings. The Balaban J connectivity index is 2.29. The Kier molecular flexibility index (Phi) is 7.66. The molecule has 0 bridgehead atoms. The van der Waals surface area contributed by atoms with Gasteiger partial charge in [-0.3, -0.25) is 5.43 Å². The van der Waals surface area contributed by atoms with E-state index in [2.05, 4.69) is 27.7 Å². The number of rotatable bonds is 7. The van der Waals surface area contributed by atoms with Crippen molar-refractivity contribution in [3.8, 4) is 11.8 Å². The summed E-state index contributed by atoms with van der Waals surface area (Å²) in [5, 5.41) is 13.6. The minimum absolute atomic E-state index is 0.0462. The van der Waals surface area contributed by atoms with E-state index in [-0.39, 0.29) is 21.4 Å². The summed E-state index contributed by atoms with van der Waals surface area (Å²) in [6, 6.07) is 8.64. The second-order valence-electron chi connectivity index (χ2n) is 5.55. The van der Waals surface area contributed by atoms with Crippen LogP contribution >= 0.6 is 24.0 Å². The largest absolute Gasteiger partial charge is 0.496 e. The quantitative estimate of drug-likeness (QED) is 0.305. The molecule has 0 aliphatic heterocycles. The molecule has 2 rings (SSSR count). The minimum atomic E-state index is -2.71. The average molecular weight is 421 g/mol. The zero-order valence-corrected chi connectivity index (χ0v) is 16.7. The molecule has 0 radical (unpaired) electrons. The number of pyridine rings is 1. The number of hydrogen-bond acceptors (Lipinski definition) is 6. The minimum Gasteiger partial charge on any atom is -0.496 e. The van der Waals surface area contributed by atoms with Crippen molar-refractivity contribution in [3.63, 3.8) is 0 Å². The maximum Gasteiger partial charge on any atom is 0.280 e. The first-order chi connectivity index (χ1) is 13.3. The van der Waals surface area contributed by atoms with E-state index < -0.39 is 6.43 Å². The fourth-order valence-corrected chi connectivity index (χ4v) is 3.42. The third-order valence-corrected chi connectivity index (χ3v) is 4.71. The van der Waals surface area contributed by atoms with Crippen molar-refractivity contribution in [2.24, 2.45) is 10.8 Å². The zero-order valence-electron chi connectivity index (χ0n) is 15.1. The molecule has 10 heteroatoms. The van der Waals surface area contributed by atoms with Gasteiger partial charge in [0.05, 0.1) is 18.9 Å². The van der Waals surface area contributed by atoms with E-state index in [0.29, 0.717) is 17.1 Å². The lowest BCUT2D eigenvalue weighted by Gasteiger charge is -2.11. The summed E-state index contributed by atoms with van der Waals surface area (Å²) in [6.07, 6.45) is -1.17. The number of hydrazone groups is 1. The number of benzene rings is 1. The fraction of sp³-hybridized carbons (Fsp3) is 0.222. The number of methoxy groups -OCH3 is 1. The third kappa shape index (κ3) is 5.61. The van der Waals surface area contributed by atoms with E-state index in [0.717, 1.165) is 11.1 Å². The number of aromatic nitrogens is 1. The average Bonchev–Trinajstić information content (AvgIpc) is 2.65. The van der Waals surface area contributed by atoms with E-state index in [4.69, 9.17) is 10.5 Å². The lowest BCUT2D eigenvalue weighted by molar-refractivity contribution is 0.145. The van der Waals surface area contributed by atoms with Gasteiger partial charge in [0.1, 0.15) is 22.5 Å². The summed E-state index contributed by atoms with van der Waals surface area (Å²) in [5.41, 5.74) is 9.72. The first-order valence-electron chi connectivity index (χ1n) is 7.93. The van der Waals surface area contributed by atoms with Gasteiger partial charge in [0.15, 0.2) is 5.11 Å². The number of alkyl halides is 2. The molecule has 6 nitrogen and oxygen atoms in total. The van der Waals surface area contributed by atoms with Crippen molar-refractivity contribution < 1.29 is 13.5 Å². The molecule has 1 aromatic heterocycles. The molecular formula is C18H17F2N5OS2. The molecule has 0 saturated heterocycles. The summed E-state index contributed by atoms with van der Waals surface area (Å²) in [4.78, 5) is 3.95. The van der Waals surface area contributed by atoms with Gasteiger partial charge in [0, 0.05) is 11.3 Å². The standard InChI is InChI=1S/C18H17F2N5OS2/c1-10-5-14(16(19)20)24-17(13(10)7-21)28-9-12-6-11(3-4-15(12)26-2)8-23-25-18(22)27/h3-6,8,16H,9H2,1-2H3,(H3,22,25,27). The Morgan fingerprint density at radius 3 is 2.86 bits per heavy atom. The fourth-order valence-electron chi connectivity index (χ4n) is 2.33. The summed E-state index contributed by atoms with van der Waals surface area (Å²) >= 11 is 5.87. The Morgan fingerprint density at radius 1 is 1.50 bits per heavy atom. The van der Waals surface area contributed by atoms with Crippen LogP contribution in [0.5, 0.6) is 5.75 Å². The summed E-state index contributed by atoms with van der Waals surface area (Å²) in [6.45, 7) is 1.61. The SMILES string of the molecule is COc1ccc(C=NNC(N)=S)cc1CSc1nc(C(F)F)cc(C)c1C#N. The summed E-state index contributed by atoms with van der Waals surface area (Å²) in [7, 11) is 1.53. The van der Waals surface area contributed by atoms with Gasteiger partial charge in [-0.2, -0.15) is 10.4 Å². The van der Waals surface area contributed by atoms with Gasteiger partial charge in [-0.1, -0.05) is 0 Å². The molecule has 0 unspecified atom stereocenters. The number of nitriles is 1. The van der Waals surface area contributed by atoms with Gasteiger partial charge in [-0.05, 0) is 54.5 Å². The van der Waals surface area contributed by atoms with E-state index >= 15 is 0 Å². The lowest BCUT2D eigenvalue weighted by Crippen LogP contribution is -2.23. The van der Waals surface area contributed by atoms with Gasteiger partial charge in [-0.15, -0.1) is 11.8 Å². The van der Waals surface area contributed by atoms with E-state index in [1.807, 2.05) is 12.1 Å². The van der Waals surface area contributed by atoms with Gasteiger partial charge in [0.25, 0.3) is 6.43 Å². The van der Waals surface area contributed by atoms with Crippen LogP contribution in [0.2, 0.25) is 0 Å². The number of nitrogens with one attached hydrogen (secondary N) is 1.